The van der Waals surface area contributed by atoms with Crippen molar-refractivity contribution in [2.45, 2.75) is 33.6 Å². The zero-order chi connectivity index (χ0) is 10.1. The van der Waals surface area contributed by atoms with E-state index in [0.29, 0.717) is 6.61 Å². The highest BCUT2D eigenvalue weighted by Gasteiger charge is 2.08. The maximum absolute atomic E-state index is 5.35. The Kier molecular flexibility index (Phi) is 7.17. The van der Waals surface area contributed by atoms with Crippen molar-refractivity contribution in [3.05, 3.63) is 23.7 Å². The van der Waals surface area contributed by atoms with Gasteiger partial charge in [-0.3, -0.25) is 0 Å². The molecule has 2 heteroatoms. The molecule has 0 fully saturated rings. The van der Waals surface area contributed by atoms with E-state index >= 15 is 0 Å². The molecule has 0 spiro atoms. The Bertz CT molecular complexity index is 181. The van der Waals surface area contributed by atoms with Gasteiger partial charge >= 0.3 is 0 Å². The molecule has 0 radical (unpaired) electrons. The minimum atomic E-state index is 0.701. The molecule has 1 aliphatic rings. The van der Waals surface area contributed by atoms with Crippen LogP contribution in [0.3, 0.4) is 0 Å². The smallest absolute Gasteiger partial charge is 0.156 e. The highest BCUT2D eigenvalue weighted by atomic mass is 16.5. The van der Waals surface area contributed by atoms with Gasteiger partial charge < -0.3 is 9.47 Å². The van der Waals surface area contributed by atoms with Crippen LogP contribution in [-0.4, -0.2) is 13.7 Å². The van der Waals surface area contributed by atoms with E-state index in [-0.39, 0.29) is 0 Å². The van der Waals surface area contributed by atoms with E-state index in [2.05, 4.69) is 6.08 Å². The van der Waals surface area contributed by atoms with Crippen LogP contribution in [0.5, 0.6) is 0 Å². The van der Waals surface area contributed by atoms with Gasteiger partial charge in [0.25, 0.3) is 0 Å². The molecule has 1 rings (SSSR count). The molecule has 0 N–H and O–H groups in total. The molecule has 0 amide bonds. The van der Waals surface area contributed by atoms with Crippen LogP contribution in [0.15, 0.2) is 23.7 Å². The van der Waals surface area contributed by atoms with Crippen LogP contribution in [0.4, 0.5) is 0 Å². The lowest BCUT2D eigenvalue weighted by Gasteiger charge is -2.14. The van der Waals surface area contributed by atoms with E-state index in [1.54, 1.807) is 7.11 Å². The Morgan fingerprint density at radius 3 is 2.62 bits per heavy atom. The summed E-state index contributed by atoms with van der Waals surface area (Å²) in [6, 6.07) is 0. The Morgan fingerprint density at radius 2 is 2.08 bits per heavy atom. The first-order valence-electron chi connectivity index (χ1n) is 4.95. The van der Waals surface area contributed by atoms with Crippen LogP contribution in [0.2, 0.25) is 0 Å². The minimum absolute atomic E-state index is 0.701. The summed E-state index contributed by atoms with van der Waals surface area (Å²) < 4.78 is 10.5. The summed E-state index contributed by atoms with van der Waals surface area (Å²) in [5.41, 5.74) is 0. The van der Waals surface area contributed by atoms with Crippen molar-refractivity contribution in [3.8, 4) is 0 Å². The SMILES string of the molecule is CC.CCOC1=C(OC)CCC=C1. The summed E-state index contributed by atoms with van der Waals surface area (Å²) in [6.07, 6.45) is 6.10. The monoisotopic (exact) mass is 184 g/mol. The molecule has 1 aliphatic carbocycles. The summed E-state index contributed by atoms with van der Waals surface area (Å²) in [6.45, 7) is 6.68. The van der Waals surface area contributed by atoms with Gasteiger partial charge in [-0.15, -0.1) is 0 Å². The second-order valence-corrected chi connectivity index (χ2v) is 2.37. The van der Waals surface area contributed by atoms with Crippen molar-refractivity contribution in [1.29, 1.82) is 0 Å². The molecule has 0 saturated heterocycles. The molecule has 0 unspecified atom stereocenters. The predicted molar refractivity (Wildman–Crippen MR) is 55.4 cm³/mol. The molecule has 0 aromatic carbocycles. The highest BCUT2D eigenvalue weighted by molar-refractivity contribution is 5.20. The lowest BCUT2D eigenvalue weighted by Crippen LogP contribution is -2.00. The van der Waals surface area contributed by atoms with Crippen LogP contribution in [-0.2, 0) is 9.47 Å². The first-order valence-corrected chi connectivity index (χ1v) is 4.95. The zero-order valence-corrected chi connectivity index (χ0v) is 9.09. The lowest BCUT2D eigenvalue weighted by molar-refractivity contribution is 0.190. The topological polar surface area (TPSA) is 18.5 Å². The molecule has 2 nitrogen and oxygen atoms in total. The maximum Gasteiger partial charge on any atom is 0.156 e. The molecule has 0 saturated carbocycles. The number of rotatable bonds is 3. The minimum Gasteiger partial charge on any atom is -0.497 e. The largest absolute Gasteiger partial charge is 0.497 e. The van der Waals surface area contributed by atoms with Crippen molar-refractivity contribution in [2.24, 2.45) is 0 Å². The number of methoxy groups -OCH3 is 1. The van der Waals surface area contributed by atoms with Crippen molar-refractivity contribution in [3.63, 3.8) is 0 Å². The van der Waals surface area contributed by atoms with Crippen molar-refractivity contribution in [1.82, 2.24) is 0 Å². The zero-order valence-electron chi connectivity index (χ0n) is 9.09. The molecule has 0 aromatic rings. The molecular weight excluding hydrogens is 164 g/mol. The number of hydrogen-bond donors (Lipinski definition) is 0. The van der Waals surface area contributed by atoms with Crippen LogP contribution in [0, 0.1) is 0 Å². The lowest BCUT2D eigenvalue weighted by atomic mass is 10.1. The van der Waals surface area contributed by atoms with Crippen molar-refractivity contribution >= 4 is 0 Å². The van der Waals surface area contributed by atoms with E-state index in [1.165, 1.54) is 0 Å². The molecular formula is C11H20O2. The Morgan fingerprint density at radius 1 is 1.38 bits per heavy atom. The molecule has 0 aromatic heterocycles. The third kappa shape index (κ3) is 4.02. The van der Waals surface area contributed by atoms with Gasteiger partial charge in [0.05, 0.1) is 13.7 Å². The van der Waals surface area contributed by atoms with Gasteiger partial charge in [-0.2, -0.15) is 0 Å². The summed E-state index contributed by atoms with van der Waals surface area (Å²) >= 11 is 0. The second kappa shape index (κ2) is 7.71. The maximum atomic E-state index is 5.35. The number of hydrogen-bond acceptors (Lipinski definition) is 2. The summed E-state index contributed by atoms with van der Waals surface area (Å²) in [4.78, 5) is 0. The molecule has 0 aliphatic heterocycles. The quantitative estimate of drug-likeness (QED) is 0.670. The Hall–Kier alpha value is -0.920. The fourth-order valence-corrected chi connectivity index (χ4v) is 1.11. The standard InChI is InChI=1S/C9H14O2.C2H6/c1-3-11-9-7-5-4-6-8(9)10-2;1-2/h5,7H,3-4,6H2,1-2H3;1-2H3. The summed E-state index contributed by atoms with van der Waals surface area (Å²) in [5.74, 6) is 1.86. The fourth-order valence-electron chi connectivity index (χ4n) is 1.11. The first kappa shape index (κ1) is 12.1. The Labute approximate surface area is 81.2 Å². The van der Waals surface area contributed by atoms with Crippen LogP contribution in [0.25, 0.3) is 0 Å². The molecule has 76 valence electrons. The van der Waals surface area contributed by atoms with Crippen LogP contribution in [0.1, 0.15) is 33.6 Å². The average molecular weight is 184 g/mol. The van der Waals surface area contributed by atoms with E-state index in [1.807, 2.05) is 26.8 Å². The summed E-state index contributed by atoms with van der Waals surface area (Å²) in [5, 5.41) is 0. The second-order valence-electron chi connectivity index (χ2n) is 2.37. The number of allylic oxidation sites excluding steroid dienone is 3. The van der Waals surface area contributed by atoms with Gasteiger partial charge in [0.1, 0.15) is 5.76 Å². The van der Waals surface area contributed by atoms with Crippen molar-refractivity contribution in [2.75, 3.05) is 13.7 Å². The van der Waals surface area contributed by atoms with Gasteiger partial charge in [-0.1, -0.05) is 19.9 Å². The van der Waals surface area contributed by atoms with Crippen LogP contribution < -0.4 is 0 Å². The highest BCUT2D eigenvalue weighted by Crippen LogP contribution is 2.19. The third-order valence-electron chi connectivity index (χ3n) is 1.63. The van der Waals surface area contributed by atoms with Gasteiger partial charge in [0.15, 0.2) is 5.76 Å². The van der Waals surface area contributed by atoms with Crippen LogP contribution >= 0.6 is 0 Å². The first-order chi connectivity index (χ1) is 6.38. The van der Waals surface area contributed by atoms with E-state index < -0.39 is 0 Å². The fraction of sp³-hybridized carbons (Fsp3) is 0.636. The average Bonchev–Trinajstić information content (AvgIpc) is 2.22. The third-order valence-corrected chi connectivity index (χ3v) is 1.63. The normalized spacial score (nSPS) is 14.8. The summed E-state index contributed by atoms with van der Waals surface area (Å²) in [7, 11) is 1.69. The Balaban J connectivity index is 0.000000671. The van der Waals surface area contributed by atoms with Gasteiger partial charge in [-0.25, -0.2) is 0 Å². The van der Waals surface area contributed by atoms with E-state index in [4.69, 9.17) is 9.47 Å². The molecule has 0 bridgehead atoms. The van der Waals surface area contributed by atoms with Gasteiger partial charge in [-0.05, 0) is 19.4 Å². The number of ether oxygens (including phenoxy) is 2. The molecule has 13 heavy (non-hydrogen) atoms. The van der Waals surface area contributed by atoms with E-state index in [9.17, 15) is 0 Å². The van der Waals surface area contributed by atoms with Gasteiger partial charge in [0, 0.05) is 6.42 Å². The molecule has 0 atom stereocenters. The van der Waals surface area contributed by atoms with Gasteiger partial charge in [0.2, 0.25) is 0 Å². The molecule has 0 heterocycles. The van der Waals surface area contributed by atoms with E-state index in [0.717, 1.165) is 24.4 Å². The van der Waals surface area contributed by atoms with Crippen molar-refractivity contribution < 1.29 is 9.47 Å². The predicted octanol–water partition coefficient (Wildman–Crippen LogP) is 3.26.